The predicted molar refractivity (Wildman–Crippen MR) is 104 cm³/mol. The molecule has 27 heavy (non-hydrogen) atoms. The average Bonchev–Trinajstić information content (AvgIpc) is 2.84. The summed E-state index contributed by atoms with van der Waals surface area (Å²) in [4.78, 5) is 35.2. The average molecular weight is 399 g/mol. The highest BCUT2D eigenvalue weighted by molar-refractivity contribution is 8.00. The van der Waals surface area contributed by atoms with Crippen LogP contribution in [-0.2, 0) is 22.6 Å². The lowest BCUT2D eigenvalue weighted by Gasteiger charge is -2.21. The van der Waals surface area contributed by atoms with Crippen LogP contribution in [0.15, 0.2) is 5.16 Å². The van der Waals surface area contributed by atoms with Crippen LogP contribution in [0.2, 0.25) is 0 Å². The number of carbonyl (C=O) groups excluding carboxylic acids is 3. The number of amides is 4. The van der Waals surface area contributed by atoms with Crippen LogP contribution in [-0.4, -0.2) is 43.4 Å². The second kappa shape index (κ2) is 9.72. The fraction of sp³-hybridized carbons (Fsp3) is 0.706. The molecule has 0 bridgehead atoms. The molecule has 0 aliphatic heterocycles. The van der Waals surface area contributed by atoms with E-state index in [4.69, 9.17) is 5.73 Å². The number of urea groups is 1. The van der Waals surface area contributed by atoms with Crippen LogP contribution in [0.25, 0.3) is 0 Å². The number of aryl methyl sites for hydroxylation is 1. The fourth-order valence-electron chi connectivity index (χ4n) is 2.17. The SMILES string of the molecule is CC(C)Cn1c(CCC(N)=O)nnc1S[C@@H](C)C(=O)NC(=O)NC(C)(C)C. The number of hydrogen-bond acceptors (Lipinski definition) is 6. The number of carbonyl (C=O) groups is 3. The first kappa shape index (κ1) is 22.9. The van der Waals surface area contributed by atoms with Gasteiger partial charge in [0.2, 0.25) is 11.8 Å². The van der Waals surface area contributed by atoms with Crippen molar-refractivity contribution in [1.29, 1.82) is 0 Å². The third-order valence-electron chi connectivity index (χ3n) is 3.31. The van der Waals surface area contributed by atoms with Gasteiger partial charge in [-0.1, -0.05) is 25.6 Å². The van der Waals surface area contributed by atoms with Crippen LogP contribution in [0.4, 0.5) is 4.79 Å². The third-order valence-corrected chi connectivity index (χ3v) is 4.39. The topological polar surface area (TPSA) is 132 Å². The molecule has 0 aliphatic rings. The van der Waals surface area contributed by atoms with Crippen molar-refractivity contribution in [3.8, 4) is 0 Å². The molecule has 1 aromatic rings. The smallest absolute Gasteiger partial charge is 0.321 e. The molecule has 1 aromatic heterocycles. The molecule has 152 valence electrons. The summed E-state index contributed by atoms with van der Waals surface area (Å²) in [5, 5.41) is 13.3. The van der Waals surface area contributed by atoms with Crippen LogP contribution in [0.3, 0.4) is 0 Å². The van der Waals surface area contributed by atoms with E-state index in [1.54, 1.807) is 6.92 Å². The van der Waals surface area contributed by atoms with Gasteiger partial charge in [-0.25, -0.2) is 4.79 Å². The molecule has 0 fully saturated rings. The Morgan fingerprint density at radius 2 is 1.81 bits per heavy atom. The van der Waals surface area contributed by atoms with E-state index in [1.165, 1.54) is 11.8 Å². The van der Waals surface area contributed by atoms with Gasteiger partial charge in [0.15, 0.2) is 5.16 Å². The van der Waals surface area contributed by atoms with Gasteiger partial charge in [-0.15, -0.1) is 10.2 Å². The summed E-state index contributed by atoms with van der Waals surface area (Å²) in [6.07, 6.45) is 0.577. The first-order valence-electron chi connectivity index (χ1n) is 8.89. The summed E-state index contributed by atoms with van der Waals surface area (Å²) in [5.74, 6) is 0.165. The molecule has 0 unspecified atom stereocenters. The number of thioether (sulfide) groups is 1. The molecular weight excluding hydrogens is 368 g/mol. The van der Waals surface area contributed by atoms with Crippen molar-refractivity contribution in [1.82, 2.24) is 25.4 Å². The quantitative estimate of drug-likeness (QED) is 0.568. The van der Waals surface area contributed by atoms with Crippen LogP contribution in [0.1, 0.15) is 53.8 Å². The van der Waals surface area contributed by atoms with Gasteiger partial charge in [-0.3, -0.25) is 14.9 Å². The summed E-state index contributed by atoms with van der Waals surface area (Å²) in [5.41, 5.74) is 4.78. The van der Waals surface area contributed by atoms with E-state index in [-0.39, 0.29) is 6.42 Å². The summed E-state index contributed by atoms with van der Waals surface area (Å²) in [6.45, 7) is 12.0. The molecule has 1 heterocycles. The van der Waals surface area contributed by atoms with E-state index >= 15 is 0 Å². The number of rotatable bonds is 8. The monoisotopic (exact) mass is 398 g/mol. The first-order chi connectivity index (χ1) is 12.4. The zero-order valence-electron chi connectivity index (χ0n) is 16.8. The fourth-order valence-corrected chi connectivity index (χ4v) is 3.05. The second-order valence-corrected chi connectivity index (χ2v) is 9.13. The second-order valence-electron chi connectivity index (χ2n) is 7.82. The lowest BCUT2D eigenvalue weighted by Crippen LogP contribution is -2.49. The Bertz CT molecular complexity index is 681. The number of primary amides is 1. The van der Waals surface area contributed by atoms with Gasteiger partial charge < -0.3 is 15.6 Å². The van der Waals surface area contributed by atoms with Crippen LogP contribution in [0.5, 0.6) is 0 Å². The molecular formula is C17H30N6O3S. The molecule has 0 spiro atoms. The molecule has 10 heteroatoms. The summed E-state index contributed by atoms with van der Waals surface area (Å²) >= 11 is 1.22. The van der Waals surface area contributed by atoms with E-state index in [0.717, 1.165) is 0 Å². The Labute approximate surface area is 164 Å². The lowest BCUT2D eigenvalue weighted by molar-refractivity contribution is -0.119. The van der Waals surface area contributed by atoms with Gasteiger partial charge in [0.1, 0.15) is 5.82 Å². The number of nitrogens with two attached hydrogens (primary N) is 1. The minimum atomic E-state index is -0.546. The molecule has 0 saturated carbocycles. The van der Waals surface area contributed by atoms with E-state index in [2.05, 4.69) is 34.7 Å². The van der Waals surface area contributed by atoms with Crippen molar-refractivity contribution in [2.24, 2.45) is 11.7 Å². The van der Waals surface area contributed by atoms with E-state index in [9.17, 15) is 14.4 Å². The summed E-state index contributed by atoms with van der Waals surface area (Å²) < 4.78 is 1.90. The largest absolute Gasteiger partial charge is 0.370 e. The van der Waals surface area contributed by atoms with Crippen LogP contribution >= 0.6 is 11.8 Å². The Hall–Kier alpha value is -2.10. The van der Waals surface area contributed by atoms with Gasteiger partial charge in [-0.2, -0.15) is 0 Å². The predicted octanol–water partition coefficient (Wildman–Crippen LogP) is 1.46. The van der Waals surface area contributed by atoms with Crippen LogP contribution < -0.4 is 16.4 Å². The highest BCUT2D eigenvalue weighted by Crippen LogP contribution is 2.24. The molecule has 1 atom stereocenters. The first-order valence-corrected chi connectivity index (χ1v) is 9.77. The number of hydrogen-bond donors (Lipinski definition) is 3. The van der Waals surface area contributed by atoms with E-state index < -0.39 is 28.6 Å². The minimum Gasteiger partial charge on any atom is -0.370 e. The number of aromatic nitrogens is 3. The van der Waals surface area contributed by atoms with Crippen molar-refractivity contribution in [2.75, 3.05) is 0 Å². The normalized spacial score (nSPS) is 12.7. The maximum absolute atomic E-state index is 12.3. The summed E-state index contributed by atoms with van der Waals surface area (Å²) in [6, 6.07) is -0.536. The zero-order valence-corrected chi connectivity index (χ0v) is 17.6. The van der Waals surface area contributed by atoms with Gasteiger partial charge in [-0.05, 0) is 33.6 Å². The van der Waals surface area contributed by atoms with Crippen molar-refractivity contribution in [3.63, 3.8) is 0 Å². The molecule has 4 amide bonds. The van der Waals surface area contributed by atoms with Gasteiger partial charge >= 0.3 is 6.03 Å². The minimum absolute atomic E-state index is 0.184. The van der Waals surface area contributed by atoms with Crippen molar-refractivity contribution in [2.45, 2.75) is 76.9 Å². The zero-order chi connectivity index (χ0) is 20.8. The Kier molecular flexibility index (Phi) is 8.26. The molecule has 0 aliphatic carbocycles. The Morgan fingerprint density at radius 3 is 2.33 bits per heavy atom. The molecule has 9 nitrogen and oxygen atoms in total. The highest BCUT2D eigenvalue weighted by Gasteiger charge is 2.23. The number of nitrogens with one attached hydrogen (secondary N) is 2. The van der Waals surface area contributed by atoms with Crippen molar-refractivity contribution < 1.29 is 14.4 Å². The molecule has 0 aromatic carbocycles. The molecule has 4 N–H and O–H groups in total. The van der Waals surface area contributed by atoms with E-state index in [1.807, 2.05) is 25.3 Å². The Balaban J connectivity index is 2.82. The number of imide groups is 1. The highest BCUT2D eigenvalue weighted by atomic mass is 32.2. The Morgan fingerprint density at radius 1 is 1.19 bits per heavy atom. The maximum Gasteiger partial charge on any atom is 0.321 e. The molecule has 1 rings (SSSR count). The molecule has 0 radical (unpaired) electrons. The maximum atomic E-state index is 12.3. The van der Waals surface area contributed by atoms with Gasteiger partial charge in [0, 0.05) is 24.9 Å². The van der Waals surface area contributed by atoms with Crippen molar-refractivity contribution in [3.05, 3.63) is 5.82 Å². The van der Waals surface area contributed by atoms with Crippen LogP contribution in [0, 0.1) is 5.92 Å². The standard InChI is InChI=1S/C17H30N6O3S/c1-10(2)9-23-13(8-7-12(18)24)21-22-16(23)27-11(3)14(25)19-15(26)20-17(4,5)6/h10-11H,7-9H2,1-6H3,(H2,18,24)(H2,19,20,25,26)/t11-/m0/s1. The van der Waals surface area contributed by atoms with Crippen molar-refractivity contribution >= 4 is 29.6 Å². The van der Waals surface area contributed by atoms with Gasteiger partial charge in [0.05, 0.1) is 5.25 Å². The molecule has 0 saturated heterocycles. The lowest BCUT2D eigenvalue weighted by atomic mass is 10.1. The third kappa shape index (κ3) is 8.42. The van der Waals surface area contributed by atoms with Gasteiger partial charge in [0.25, 0.3) is 0 Å². The number of nitrogens with zero attached hydrogens (tertiary/aromatic N) is 3. The van der Waals surface area contributed by atoms with E-state index in [0.29, 0.717) is 29.9 Å². The summed E-state index contributed by atoms with van der Waals surface area (Å²) in [7, 11) is 0.